The second kappa shape index (κ2) is 11.9. The highest BCUT2D eigenvalue weighted by Gasteiger charge is 2.22. The lowest BCUT2D eigenvalue weighted by molar-refractivity contribution is 0.669. The molecule has 0 radical (unpaired) electrons. The molecule has 0 aliphatic heterocycles. The highest BCUT2D eigenvalue weighted by atomic mass is 16.3. The molecule has 0 aliphatic rings. The van der Waals surface area contributed by atoms with Gasteiger partial charge in [0, 0.05) is 49.2 Å². The van der Waals surface area contributed by atoms with Crippen LogP contribution in [0.5, 0.6) is 0 Å². The summed E-state index contributed by atoms with van der Waals surface area (Å²) in [6, 6.07) is 60.9. The number of furan rings is 2. The molecule has 5 nitrogen and oxygen atoms in total. The first-order valence-electron chi connectivity index (χ1n) is 18.8. The average Bonchev–Trinajstić information content (AvgIpc) is 3.85. The fraction of sp³-hybridized carbons (Fsp3) is 0. The van der Waals surface area contributed by atoms with E-state index in [1.165, 1.54) is 10.8 Å². The standard InChI is InChI=1S/C51H29N3O2/c1-2-11-30(12-3-1)36-26-27-40(46-37-16-6-9-20-43(37)56-48(36)46)51-53-49(34-24-23-32-22-21-31-13-4-5-15-35(31)41(32)29-34)52-50(54-51)39-18-10-14-33-25-28-44-47(45(33)39)38-17-7-8-19-42(38)55-44/h1-29H. The van der Waals surface area contributed by atoms with Gasteiger partial charge in [-0.1, -0.05) is 140 Å². The van der Waals surface area contributed by atoms with E-state index in [2.05, 4.69) is 146 Å². The summed E-state index contributed by atoms with van der Waals surface area (Å²) in [5.74, 6) is 1.74. The van der Waals surface area contributed by atoms with Gasteiger partial charge in [0.15, 0.2) is 17.5 Å². The second-order valence-corrected chi connectivity index (χ2v) is 14.3. The van der Waals surface area contributed by atoms with Gasteiger partial charge in [0.25, 0.3) is 0 Å². The van der Waals surface area contributed by atoms with E-state index in [1.54, 1.807) is 0 Å². The Hall–Kier alpha value is -7.63. The number of nitrogens with zero attached hydrogens (tertiary/aromatic N) is 3. The third kappa shape index (κ3) is 4.64. The maximum atomic E-state index is 6.68. The Balaban J connectivity index is 1.18. The summed E-state index contributed by atoms with van der Waals surface area (Å²) in [6.07, 6.45) is 0. The minimum absolute atomic E-state index is 0.570. The fourth-order valence-corrected chi connectivity index (χ4v) is 8.53. The zero-order chi connectivity index (χ0) is 36.7. The third-order valence-corrected chi connectivity index (χ3v) is 11.1. The van der Waals surface area contributed by atoms with Gasteiger partial charge in [-0.2, -0.15) is 0 Å². The van der Waals surface area contributed by atoms with Gasteiger partial charge in [0.05, 0.1) is 0 Å². The quantitative estimate of drug-likeness (QED) is 0.170. The van der Waals surface area contributed by atoms with Crippen LogP contribution in [0.4, 0.5) is 0 Å². The summed E-state index contributed by atoms with van der Waals surface area (Å²) in [5, 5.41) is 10.9. The smallest absolute Gasteiger partial charge is 0.164 e. The molecule has 0 atom stereocenters. The molecule has 3 aromatic heterocycles. The zero-order valence-electron chi connectivity index (χ0n) is 29.9. The van der Waals surface area contributed by atoms with Gasteiger partial charge < -0.3 is 8.83 Å². The predicted molar refractivity (Wildman–Crippen MR) is 229 cm³/mol. The van der Waals surface area contributed by atoms with Crippen LogP contribution in [-0.4, -0.2) is 15.0 Å². The van der Waals surface area contributed by atoms with Crippen molar-refractivity contribution in [1.82, 2.24) is 15.0 Å². The normalized spacial score (nSPS) is 11.9. The molecule has 0 saturated heterocycles. The van der Waals surface area contributed by atoms with E-state index in [0.29, 0.717) is 17.5 Å². The molecule has 0 fully saturated rings. The monoisotopic (exact) mass is 715 g/mol. The van der Waals surface area contributed by atoms with E-state index in [-0.39, 0.29) is 0 Å². The van der Waals surface area contributed by atoms with Crippen LogP contribution >= 0.6 is 0 Å². The van der Waals surface area contributed by atoms with Gasteiger partial charge in [0.1, 0.15) is 22.3 Å². The first-order valence-corrected chi connectivity index (χ1v) is 18.8. The van der Waals surface area contributed by atoms with E-state index < -0.39 is 0 Å². The Morgan fingerprint density at radius 2 is 0.893 bits per heavy atom. The summed E-state index contributed by atoms with van der Waals surface area (Å²) < 4.78 is 13.1. The molecule has 260 valence electrons. The maximum Gasteiger partial charge on any atom is 0.164 e. The Kier molecular flexibility index (Phi) is 6.56. The van der Waals surface area contributed by atoms with Crippen molar-refractivity contribution >= 4 is 76.2 Å². The molecule has 3 heterocycles. The lowest BCUT2D eigenvalue weighted by Crippen LogP contribution is -2.01. The maximum absolute atomic E-state index is 6.68. The molecule has 0 spiro atoms. The Labute approximate surface area is 320 Å². The van der Waals surface area contributed by atoms with Gasteiger partial charge in [-0.05, 0) is 68.9 Å². The lowest BCUT2D eigenvalue weighted by atomic mass is 9.97. The van der Waals surface area contributed by atoms with Gasteiger partial charge in [-0.15, -0.1) is 0 Å². The number of hydrogen-bond acceptors (Lipinski definition) is 5. The molecule has 0 N–H and O–H groups in total. The van der Waals surface area contributed by atoms with Crippen LogP contribution in [0, 0.1) is 0 Å². The zero-order valence-corrected chi connectivity index (χ0v) is 29.9. The van der Waals surface area contributed by atoms with Crippen molar-refractivity contribution in [3.05, 3.63) is 176 Å². The molecule has 12 aromatic rings. The van der Waals surface area contributed by atoms with Crippen LogP contribution in [0.1, 0.15) is 0 Å². The van der Waals surface area contributed by atoms with Crippen LogP contribution in [0.2, 0.25) is 0 Å². The largest absolute Gasteiger partial charge is 0.456 e. The summed E-state index contributed by atoms with van der Waals surface area (Å²) >= 11 is 0. The first-order chi connectivity index (χ1) is 27.7. The topological polar surface area (TPSA) is 65.0 Å². The molecule has 0 saturated carbocycles. The SMILES string of the molecule is c1ccc(-c2ccc(-c3nc(-c4ccc5ccc6ccccc6c5c4)nc(-c4cccc5ccc6oc7ccccc7c6c45)n3)c3c2oc2ccccc23)cc1. The van der Waals surface area contributed by atoms with Gasteiger partial charge in [-0.3, -0.25) is 0 Å². The Morgan fingerprint density at radius 3 is 1.71 bits per heavy atom. The minimum atomic E-state index is 0.570. The molecule has 0 aliphatic carbocycles. The highest BCUT2D eigenvalue weighted by molar-refractivity contribution is 6.23. The van der Waals surface area contributed by atoms with Gasteiger partial charge >= 0.3 is 0 Å². The highest BCUT2D eigenvalue weighted by Crippen LogP contribution is 2.43. The molecule has 0 unspecified atom stereocenters. The van der Waals surface area contributed by atoms with Crippen LogP contribution < -0.4 is 0 Å². The molecular weight excluding hydrogens is 687 g/mol. The molecule has 0 bridgehead atoms. The van der Waals surface area contributed by atoms with E-state index in [4.69, 9.17) is 23.8 Å². The van der Waals surface area contributed by atoms with Crippen LogP contribution in [0.15, 0.2) is 185 Å². The third-order valence-electron chi connectivity index (χ3n) is 11.1. The number of para-hydroxylation sites is 2. The summed E-state index contributed by atoms with van der Waals surface area (Å²) in [4.78, 5) is 16.0. The molecule has 9 aromatic carbocycles. The van der Waals surface area contributed by atoms with Gasteiger partial charge in [-0.25, -0.2) is 15.0 Å². The number of fused-ring (bicyclic) bond motifs is 11. The van der Waals surface area contributed by atoms with Crippen molar-refractivity contribution in [2.24, 2.45) is 0 Å². The molecule has 0 amide bonds. The Bertz CT molecular complexity index is 3550. The van der Waals surface area contributed by atoms with Crippen molar-refractivity contribution in [2.45, 2.75) is 0 Å². The van der Waals surface area contributed by atoms with E-state index >= 15 is 0 Å². The van der Waals surface area contributed by atoms with Crippen LogP contribution in [0.3, 0.4) is 0 Å². The van der Waals surface area contributed by atoms with E-state index in [9.17, 15) is 0 Å². The molecule has 56 heavy (non-hydrogen) atoms. The number of hydrogen-bond donors (Lipinski definition) is 0. The number of rotatable bonds is 4. The van der Waals surface area contributed by atoms with Crippen molar-refractivity contribution in [3.63, 3.8) is 0 Å². The van der Waals surface area contributed by atoms with E-state index in [1.807, 2.05) is 30.3 Å². The van der Waals surface area contributed by atoms with E-state index in [0.717, 1.165) is 93.2 Å². The lowest BCUT2D eigenvalue weighted by Gasteiger charge is -2.13. The first kappa shape index (κ1) is 30.8. The minimum Gasteiger partial charge on any atom is -0.456 e. The van der Waals surface area contributed by atoms with Crippen LogP contribution in [0.25, 0.3) is 121 Å². The Morgan fingerprint density at radius 1 is 0.304 bits per heavy atom. The van der Waals surface area contributed by atoms with Crippen molar-refractivity contribution < 1.29 is 8.83 Å². The molecular formula is C51H29N3O2. The van der Waals surface area contributed by atoms with Crippen molar-refractivity contribution in [1.29, 1.82) is 0 Å². The summed E-state index contributed by atoms with van der Waals surface area (Å²) in [5.41, 5.74) is 8.06. The fourth-order valence-electron chi connectivity index (χ4n) is 8.53. The predicted octanol–water partition coefficient (Wildman–Crippen LogP) is 13.8. The number of aromatic nitrogens is 3. The average molecular weight is 716 g/mol. The summed E-state index contributed by atoms with van der Waals surface area (Å²) in [6.45, 7) is 0. The van der Waals surface area contributed by atoms with Crippen molar-refractivity contribution in [3.8, 4) is 45.3 Å². The second-order valence-electron chi connectivity index (χ2n) is 14.3. The van der Waals surface area contributed by atoms with Crippen LogP contribution in [-0.2, 0) is 0 Å². The van der Waals surface area contributed by atoms with Crippen molar-refractivity contribution in [2.75, 3.05) is 0 Å². The van der Waals surface area contributed by atoms with Gasteiger partial charge in [0.2, 0.25) is 0 Å². The molecule has 5 heteroatoms. The molecule has 12 rings (SSSR count). The number of benzene rings is 9. The summed E-state index contributed by atoms with van der Waals surface area (Å²) in [7, 11) is 0.